The fourth-order valence-corrected chi connectivity index (χ4v) is 0.890. The van der Waals surface area contributed by atoms with Gasteiger partial charge in [0, 0.05) is 0 Å². The lowest BCUT2D eigenvalue weighted by atomic mass is 10.5. The van der Waals surface area contributed by atoms with E-state index in [0.717, 1.165) is 6.42 Å². The number of hydrogen-bond donors (Lipinski definition) is 3. The zero-order valence-corrected chi connectivity index (χ0v) is 8.70. The smallest absolute Gasteiger partial charge is 0.342 e. The number of aromatic nitrogens is 3. The summed E-state index contributed by atoms with van der Waals surface area (Å²) in [5.74, 6) is -0.623. The summed E-state index contributed by atoms with van der Waals surface area (Å²) in [6, 6.07) is 0. The molecule has 1 aromatic rings. The molecular weight excluding hydrogens is 216 g/mol. The first kappa shape index (κ1) is 12.0. The maximum absolute atomic E-state index is 11.1. The predicted octanol–water partition coefficient (Wildman–Crippen LogP) is -1.18. The van der Waals surface area contributed by atoms with Crippen molar-refractivity contribution in [2.45, 2.75) is 13.3 Å². The second-order valence-electron chi connectivity index (χ2n) is 2.93. The van der Waals surface area contributed by atoms with Crippen molar-refractivity contribution >= 4 is 11.8 Å². The van der Waals surface area contributed by atoms with Crippen LogP contribution in [0.15, 0.2) is 9.59 Å². The van der Waals surface area contributed by atoms with E-state index in [1.54, 1.807) is 0 Å². The summed E-state index contributed by atoms with van der Waals surface area (Å²) in [5, 5.41) is 7.91. The molecule has 1 aromatic heterocycles. The number of H-pyrrole nitrogens is 2. The zero-order valence-electron chi connectivity index (χ0n) is 8.70. The van der Waals surface area contributed by atoms with E-state index in [1.807, 2.05) is 17.0 Å². The van der Waals surface area contributed by atoms with E-state index < -0.39 is 17.2 Å². The third-order valence-electron chi connectivity index (χ3n) is 1.58. The summed E-state index contributed by atoms with van der Waals surface area (Å²) in [6.07, 6.45) is 0.725. The van der Waals surface area contributed by atoms with Crippen molar-refractivity contribution < 1.29 is 9.53 Å². The van der Waals surface area contributed by atoms with Crippen LogP contribution in [0.1, 0.15) is 13.3 Å². The van der Waals surface area contributed by atoms with Gasteiger partial charge in [-0.15, -0.1) is 5.10 Å². The lowest BCUT2D eigenvalue weighted by Gasteiger charge is -2.03. The Labute approximate surface area is 90.0 Å². The lowest BCUT2D eigenvalue weighted by molar-refractivity contribution is -0.141. The highest BCUT2D eigenvalue weighted by Gasteiger charge is 2.05. The van der Waals surface area contributed by atoms with Crippen LogP contribution in [-0.2, 0) is 9.53 Å². The van der Waals surface area contributed by atoms with E-state index in [9.17, 15) is 14.4 Å². The van der Waals surface area contributed by atoms with Gasteiger partial charge in [-0.05, 0) is 6.42 Å². The summed E-state index contributed by atoms with van der Waals surface area (Å²) in [5.41, 5.74) is -1.39. The van der Waals surface area contributed by atoms with Gasteiger partial charge in [0.15, 0.2) is 0 Å². The van der Waals surface area contributed by atoms with Crippen molar-refractivity contribution in [3.8, 4) is 0 Å². The van der Waals surface area contributed by atoms with Crippen molar-refractivity contribution in [2.75, 3.05) is 18.5 Å². The monoisotopic (exact) mass is 228 g/mol. The number of nitrogens with zero attached hydrogens (tertiary/aromatic N) is 1. The standard InChI is InChI=1S/C8H12N4O4/c1-2-3-16-5(13)4-9-6-7(14)10-8(15)12-11-6/h2-4H2,1H3,(H,9,11)(H2,10,12,14,15). The molecule has 0 radical (unpaired) electrons. The number of hydrogen-bond acceptors (Lipinski definition) is 6. The van der Waals surface area contributed by atoms with Gasteiger partial charge in [0.1, 0.15) is 6.54 Å². The van der Waals surface area contributed by atoms with Gasteiger partial charge in [-0.1, -0.05) is 6.92 Å². The fraction of sp³-hybridized carbons (Fsp3) is 0.500. The molecule has 0 aliphatic heterocycles. The molecule has 0 saturated carbocycles. The van der Waals surface area contributed by atoms with Gasteiger partial charge in [0.2, 0.25) is 5.82 Å². The van der Waals surface area contributed by atoms with Gasteiger partial charge in [-0.2, -0.15) is 0 Å². The van der Waals surface area contributed by atoms with Crippen LogP contribution in [0.3, 0.4) is 0 Å². The normalized spacial score (nSPS) is 9.81. The summed E-state index contributed by atoms with van der Waals surface area (Å²) >= 11 is 0. The van der Waals surface area contributed by atoms with Crippen LogP contribution < -0.4 is 16.6 Å². The summed E-state index contributed by atoms with van der Waals surface area (Å²) in [7, 11) is 0. The highest BCUT2D eigenvalue weighted by atomic mass is 16.5. The first-order valence-electron chi connectivity index (χ1n) is 4.72. The van der Waals surface area contributed by atoms with Gasteiger partial charge in [0.25, 0.3) is 5.56 Å². The van der Waals surface area contributed by atoms with E-state index in [1.165, 1.54) is 0 Å². The van der Waals surface area contributed by atoms with E-state index in [-0.39, 0.29) is 12.4 Å². The quantitative estimate of drug-likeness (QED) is 0.546. The molecule has 0 bridgehead atoms. The Kier molecular flexibility index (Phi) is 4.25. The van der Waals surface area contributed by atoms with Crippen LogP contribution in [0.4, 0.5) is 5.82 Å². The van der Waals surface area contributed by atoms with Gasteiger partial charge >= 0.3 is 11.7 Å². The molecule has 3 N–H and O–H groups in total. The van der Waals surface area contributed by atoms with Crippen LogP contribution in [0.2, 0.25) is 0 Å². The first-order valence-corrected chi connectivity index (χ1v) is 4.72. The molecule has 1 heterocycles. The Balaban J connectivity index is 2.52. The lowest BCUT2D eigenvalue weighted by Crippen LogP contribution is -2.29. The summed E-state index contributed by atoms with van der Waals surface area (Å²) in [6.45, 7) is 2.02. The van der Waals surface area contributed by atoms with E-state index in [2.05, 4.69) is 10.4 Å². The third kappa shape index (κ3) is 3.56. The molecule has 0 aromatic carbocycles. The highest BCUT2D eigenvalue weighted by molar-refractivity contribution is 5.74. The number of carbonyl (C=O) groups excluding carboxylic acids is 1. The van der Waals surface area contributed by atoms with E-state index in [4.69, 9.17) is 4.74 Å². The Morgan fingerprint density at radius 3 is 2.88 bits per heavy atom. The van der Waals surface area contributed by atoms with Gasteiger partial charge < -0.3 is 10.1 Å². The molecule has 0 spiro atoms. The number of esters is 1. The molecule has 0 atom stereocenters. The average Bonchev–Trinajstić information content (AvgIpc) is 2.25. The topological polar surface area (TPSA) is 117 Å². The maximum Gasteiger partial charge on any atom is 0.342 e. The molecule has 16 heavy (non-hydrogen) atoms. The Morgan fingerprint density at radius 1 is 1.50 bits per heavy atom. The Morgan fingerprint density at radius 2 is 2.25 bits per heavy atom. The number of anilines is 1. The molecule has 8 heteroatoms. The van der Waals surface area contributed by atoms with Crippen LogP contribution in [0, 0.1) is 0 Å². The minimum absolute atomic E-state index is 0.131. The number of aromatic amines is 2. The van der Waals surface area contributed by atoms with Crippen molar-refractivity contribution in [1.29, 1.82) is 0 Å². The average molecular weight is 228 g/mol. The minimum Gasteiger partial charge on any atom is -0.464 e. The molecule has 0 saturated heterocycles. The molecule has 0 aliphatic rings. The third-order valence-corrected chi connectivity index (χ3v) is 1.58. The van der Waals surface area contributed by atoms with Crippen LogP contribution in [0.5, 0.6) is 0 Å². The van der Waals surface area contributed by atoms with Gasteiger partial charge in [-0.25, -0.2) is 9.89 Å². The molecule has 8 nitrogen and oxygen atoms in total. The molecule has 0 amide bonds. The van der Waals surface area contributed by atoms with Crippen molar-refractivity contribution in [1.82, 2.24) is 15.2 Å². The SMILES string of the molecule is CCCOC(=O)CNc1n[nH]c(=O)[nH]c1=O. The largest absolute Gasteiger partial charge is 0.464 e. The molecular formula is C8H12N4O4. The molecule has 88 valence electrons. The number of carbonyl (C=O) groups is 1. The zero-order chi connectivity index (χ0) is 12.0. The van der Waals surface area contributed by atoms with Crippen LogP contribution in [0.25, 0.3) is 0 Å². The molecule has 0 aliphatic carbocycles. The van der Waals surface area contributed by atoms with Crippen molar-refractivity contribution in [2.24, 2.45) is 0 Å². The fourth-order valence-electron chi connectivity index (χ4n) is 0.890. The maximum atomic E-state index is 11.1. The molecule has 0 fully saturated rings. The first-order chi connectivity index (χ1) is 7.63. The second kappa shape index (κ2) is 5.69. The Bertz CT molecular complexity index is 464. The van der Waals surface area contributed by atoms with E-state index in [0.29, 0.717) is 6.61 Å². The predicted molar refractivity (Wildman–Crippen MR) is 55.2 cm³/mol. The summed E-state index contributed by atoms with van der Waals surface area (Å²) in [4.78, 5) is 34.8. The second-order valence-corrected chi connectivity index (χ2v) is 2.93. The van der Waals surface area contributed by atoms with E-state index >= 15 is 0 Å². The highest BCUT2D eigenvalue weighted by Crippen LogP contribution is 1.88. The Hall–Kier alpha value is -2.12. The number of nitrogens with one attached hydrogen (secondary N) is 3. The van der Waals surface area contributed by atoms with Crippen LogP contribution >= 0.6 is 0 Å². The minimum atomic E-state index is -0.705. The van der Waals surface area contributed by atoms with Crippen molar-refractivity contribution in [3.05, 3.63) is 20.8 Å². The van der Waals surface area contributed by atoms with Crippen LogP contribution in [-0.4, -0.2) is 34.3 Å². The van der Waals surface area contributed by atoms with Gasteiger partial charge in [0.05, 0.1) is 6.61 Å². The van der Waals surface area contributed by atoms with Gasteiger partial charge in [-0.3, -0.25) is 14.6 Å². The molecule has 1 rings (SSSR count). The number of ether oxygens (including phenoxy) is 1. The molecule has 0 unspecified atom stereocenters. The number of rotatable bonds is 5. The van der Waals surface area contributed by atoms with Crippen molar-refractivity contribution in [3.63, 3.8) is 0 Å². The summed E-state index contributed by atoms with van der Waals surface area (Å²) < 4.78 is 4.76.